The Hall–Kier alpha value is 0.210. The summed E-state index contributed by atoms with van der Waals surface area (Å²) in [5, 5.41) is 0. The molecule has 0 amide bonds. The van der Waals surface area contributed by atoms with Crippen molar-refractivity contribution in [3.8, 4) is 0 Å². The van der Waals surface area contributed by atoms with Gasteiger partial charge in [0.05, 0.1) is 13.2 Å². The third-order valence-corrected chi connectivity index (χ3v) is 2.34. The van der Waals surface area contributed by atoms with E-state index in [1.54, 1.807) is 0 Å². The van der Waals surface area contributed by atoms with E-state index in [1.165, 1.54) is 0 Å². The molecule has 0 aromatic carbocycles. The lowest BCUT2D eigenvalue weighted by Crippen LogP contribution is -2.42. The summed E-state index contributed by atoms with van der Waals surface area (Å²) in [5.41, 5.74) is 0. The predicted molar refractivity (Wildman–Crippen MR) is 42.6 cm³/mol. The van der Waals surface area contributed by atoms with Gasteiger partial charge >= 0.3 is 0 Å². The lowest BCUT2D eigenvalue weighted by molar-refractivity contribution is 0.0244. The molecule has 2 nitrogen and oxygen atoms in total. The van der Waals surface area contributed by atoms with Gasteiger partial charge in [-0.1, -0.05) is 0 Å². The molecule has 1 rings (SSSR count). The first kappa shape index (κ1) is 8.31. The van der Waals surface area contributed by atoms with E-state index in [0.717, 1.165) is 32.2 Å². The normalized spacial score (nSPS) is 24.6. The van der Waals surface area contributed by atoms with Crippen LogP contribution >= 0.6 is 11.6 Å². The van der Waals surface area contributed by atoms with Crippen LogP contribution in [0.1, 0.15) is 6.92 Å². The average Bonchev–Trinajstić information content (AvgIpc) is 2.05. The van der Waals surface area contributed by atoms with Crippen LogP contribution in [0.5, 0.6) is 0 Å². The van der Waals surface area contributed by atoms with Crippen LogP contribution in [-0.4, -0.2) is 43.1 Å². The highest BCUT2D eigenvalue weighted by Gasteiger charge is 2.15. The molecular formula is C7H14ClNO. The van der Waals surface area contributed by atoms with Gasteiger partial charge in [0.15, 0.2) is 0 Å². The van der Waals surface area contributed by atoms with Crippen molar-refractivity contribution in [1.82, 2.24) is 4.90 Å². The van der Waals surface area contributed by atoms with E-state index in [-0.39, 0.29) is 0 Å². The van der Waals surface area contributed by atoms with E-state index in [1.807, 2.05) is 0 Å². The summed E-state index contributed by atoms with van der Waals surface area (Å²) in [6, 6.07) is 0.505. The Balaban J connectivity index is 2.24. The molecule has 3 heteroatoms. The molecule has 0 radical (unpaired) electrons. The van der Waals surface area contributed by atoms with Crippen molar-refractivity contribution in [2.75, 3.05) is 32.2 Å². The molecule has 1 aliphatic rings. The Morgan fingerprint density at radius 2 is 2.10 bits per heavy atom. The van der Waals surface area contributed by atoms with Gasteiger partial charge in [-0.15, -0.1) is 11.6 Å². The number of alkyl halides is 1. The largest absolute Gasteiger partial charge is 0.379 e. The Labute approximate surface area is 67.1 Å². The summed E-state index contributed by atoms with van der Waals surface area (Å²) in [4.78, 5) is 2.36. The van der Waals surface area contributed by atoms with Crippen LogP contribution in [0.3, 0.4) is 0 Å². The number of rotatable bonds is 2. The van der Waals surface area contributed by atoms with Crippen molar-refractivity contribution in [2.24, 2.45) is 0 Å². The highest BCUT2D eigenvalue weighted by atomic mass is 35.5. The van der Waals surface area contributed by atoms with Gasteiger partial charge in [0.25, 0.3) is 0 Å². The molecule has 0 aromatic rings. The molecule has 1 saturated heterocycles. The van der Waals surface area contributed by atoms with Gasteiger partial charge < -0.3 is 4.74 Å². The molecule has 1 heterocycles. The van der Waals surface area contributed by atoms with Crippen molar-refractivity contribution in [3.05, 3.63) is 0 Å². The van der Waals surface area contributed by atoms with E-state index < -0.39 is 0 Å². The Morgan fingerprint density at radius 3 is 2.60 bits per heavy atom. The number of ether oxygens (including phenoxy) is 1. The highest BCUT2D eigenvalue weighted by molar-refractivity contribution is 6.18. The number of hydrogen-bond acceptors (Lipinski definition) is 2. The maximum absolute atomic E-state index is 5.70. The molecule has 0 bridgehead atoms. The van der Waals surface area contributed by atoms with Gasteiger partial charge in [0.1, 0.15) is 0 Å². The molecule has 0 saturated carbocycles. The summed E-state index contributed by atoms with van der Waals surface area (Å²) in [6.45, 7) is 5.95. The molecule has 0 aromatic heterocycles. The fourth-order valence-electron chi connectivity index (χ4n) is 1.12. The van der Waals surface area contributed by atoms with Gasteiger partial charge in [-0.05, 0) is 6.92 Å². The van der Waals surface area contributed by atoms with Gasteiger partial charge in [-0.2, -0.15) is 0 Å². The SMILES string of the molecule is CC(CCl)N1CCOCC1. The van der Waals surface area contributed by atoms with E-state index in [2.05, 4.69) is 11.8 Å². The van der Waals surface area contributed by atoms with Crippen LogP contribution in [0, 0.1) is 0 Å². The van der Waals surface area contributed by atoms with E-state index in [9.17, 15) is 0 Å². The Bertz CT molecular complexity index is 93.6. The lowest BCUT2D eigenvalue weighted by Gasteiger charge is -2.30. The van der Waals surface area contributed by atoms with Gasteiger partial charge in [0.2, 0.25) is 0 Å². The van der Waals surface area contributed by atoms with Crippen LogP contribution in [-0.2, 0) is 4.74 Å². The van der Waals surface area contributed by atoms with Crippen molar-refractivity contribution in [1.29, 1.82) is 0 Å². The number of halogens is 1. The third kappa shape index (κ3) is 2.11. The summed E-state index contributed by atoms with van der Waals surface area (Å²) in [6.07, 6.45) is 0. The van der Waals surface area contributed by atoms with Crippen LogP contribution < -0.4 is 0 Å². The van der Waals surface area contributed by atoms with E-state index in [4.69, 9.17) is 16.3 Å². The summed E-state index contributed by atoms with van der Waals surface area (Å²) in [7, 11) is 0. The lowest BCUT2D eigenvalue weighted by atomic mass is 10.3. The Kier molecular flexibility index (Phi) is 3.46. The van der Waals surface area contributed by atoms with Crippen molar-refractivity contribution >= 4 is 11.6 Å². The number of hydrogen-bond donors (Lipinski definition) is 0. The molecule has 10 heavy (non-hydrogen) atoms. The molecular weight excluding hydrogens is 150 g/mol. The number of morpholine rings is 1. The summed E-state index contributed by atoms with van der Waals surface area (Å²) >= 11 is 5.70. The van der Waals surface area contributed by atoms with Gasteiger partial charge in [-0.3, -0.25) is 4.90 Å². The molecule has 1 fully saturated rings. The maximum atomic E-state index is 5.70. The van der Waals surface area contributed by atoms with Crippen molar-refractivity contribution in [2.45, 2.75) is 13.0 Å². The smallest absolute Gasteiger partial charge is 0.0594 e. The fourth-order valence-corrected chi connectivity index (χ4v) is 1.31. The first-order valence-corrected chi connectivity index (χ1v) is 4.26. The van der Waals surface area contributed by atoms with Crippen molar-refractivity contribution in [3.63, 3.8) is 0 Å². The van der Waals surface area contributed by atoms with Gasteiger partial charge in [0, 0.05) is 25.0 Å². The molecule has 0 spiro atoms. The minimum atomic E-state index is 0.505. The minimum absolute atomic E-state index is 0.505. The van der Waals surface area contributed by atoms with Crippen LogP contribution in [0.15, 0.2) is 0 Å². The molecule has 0 aliphatic carbocycles. The summed E-state index contributed by atoms with van der Waals surface area (Å²) in [5.74, 6) is 0.722. The van der Waals surface area contributed by atoms with Crippen LogP contribution in [0.25, 0.3) is 0 Å². The van der Waals surface area contributed by atoms with Crippen molar-refractivity contribution < 1.29 is 4.74 Å². The molecule has 1 unspecified atom stereocenters. The fraction of sp³-hybridized carbons (Fsp3) is 1.00. The third-order valence-electron chi connectivity index (χ3n) is 1.89. The number of nitrogens with zero attached hydrogens (tertiary/aromatic N) is 1. The predicted octanol–water partition coefficient (Wildman–Crippen LogP) is 0.946. The molecule has 1 atom stereocenters. The minimum Gasteiger partial charge on any atom is -0.379 e. The maximum Gasteiger partial charge on any atom is 0.0594 e. The quantitative estimate of drug-likeness (QED) is 0.562. The zero-order valence-corrected chi connectivity index (χ0v) is 7.10. The van der Waals surface area contributed by atoms with Crippen LogP contribution in [0.2, 0.25) is 0 Å². The molecule has 0 N–H and O–H groups in total. The van der Waals surface area contributed by atoms with E-state index >= 15 is 0 Å². The highest BCUT2D eigenvalue weighted by Crippen LogP contribution is 2.04. The zero-order valence-electron chi connectivity index (χ0n) is 6.35. The second kappa shape index (κ2) is 4.16. The van der Waals surface area contributed by atoms with Crippen LogP contribution in [0.4, 0.5) is 0 Å². The van der Waals surface area contributed by atoms with Gasteiger partial charge in [-0.25, -0.2) is 0 Å². The van der Waals surface area contributed by atoms with E-state index in [0.29, 0.717) is 6.04 Å². The Morgan fingerprint density at radius 1 is 1.50 bits per heavy atom. The second-order valence-corrected chi connectivity index (χ2v) is 2.96. The second-order valence-electron chi connectivity index (χ2n) is 2.65. The standard InChI is InChI=1S/C7H14ClNO/c1-7(6-8)9-2-4-10-5-3-9/h7H,2-6H2,1H3. The topological polar surface area (TPSA) is 12.5 Å². The first-order chi connectivity index (χ1) is 4.84. The summed E-state index contributed by atoms with van der Waals surface area (Å²) < 4.78 is 5.21. The monoisotopic (exact) mass is 163 g/mol. The molecule has 1 aliphatic heterocycles. The first-order valence-electron chi connectivity index (χ1n) is 3.72. The molecule has 60 valence electrons. The average molecular weight is 164 g/mol. The zero-order chi connectivity index (χ0) is 7.40.